The summed E-state index contributed by atoms with van der Waals surface area (Å²) in [4.78, 5) is 13.1. The third-order valence-corrected chi connectivity index (χ3v) is 5.87. The molecule has 0 bridgehead atoms. The van der Waals surface area contributed by atoms with Gasteiger partial charge in [-0.05, 0) is 37.8 Å². The van der Waals surface area contributed by atoms with Crippen LogP contribution in [-0.4, -0.2) is 32.6 Å². The molecule has 8 heteroatoms. The first-order chi connectivity index (χ1) is 13.1. The van der Waals surface area contributed by atoms with E-state index in [2.05, 4.69) is 39.8 Å². The van der Waals surface area contributed by atoms with E-state index in [-0.39, 0.29) is 11.7 Å². The molecule has 1 amide bonds. The van der Waals surface area contributed by atoms with Crippen LogP contribution in [-0.2, 0) is 11.3 Å². The summed E-state index contributed by atoms with van der Waals surface area (Å²) in [5.41, 5.74) is 5.92. The highest BCUT2D eigenvalue weighted by Gasteiger charge is 2.14. The van der Waals surface area contributed by atoms with Gasteiger partial charge in [0.05, 0.1) is 12.0 Å². The van der Waals surface area contributed by atoms with Gasteiger partial charge in [0.2, 0.25) is 0 Å². The largest absolute Gasteiger partial charge is 0.302 e. The molecule has 0 saturated heterocycles. The van der Waals surface area contributed by atoms with Crippen molar-refractivity contribution in [3.05, 3.63) is 51.7 Å². The molecule has 3 aromatic rings. The molecular weight excluding hydrogens is 378 g/mol. The van der Waals surface area contributed by atoms with E-state index in [4.69, 9.17) is 0 Å². The van der Waals surface area contributed by atoms with Crippen molar-refractivity contribution in [2.24, 2.45) is 5.10 Å². The molecule has 3 rings (SSSR count). The third kappa shape index (κ3) is 4.84. The zero-order valence-electron chi connectivity index (χ0n) is 15.5. The van der Waals surface area contributed by atoms with Crippen LogP contribution in [0.15, 0.2) is 46.0 Å². The molecule has 0 spiro atoms. The Bertz CT molecular complexity index is 943. The van der Waals surface area contributed by atoms with Gasteiger partial charge in [-0.1, -0.05) is 41.6 Å². The number of nitrogens with zero attached hydrogens (tertiary/aromatic N) is 4. The standard InChI is InChI=1S/C19H21N5OS2/c1-4-24-18(15-7-5-13(2)6-8-15)22-23-19(24)27-12-17(25)21-20-11-16-14(3)9-10-26-16/h5-11H,4,12H2,1-3H3,(H,21,25)/b20-11+. The fourth-order valence-electron chi connectivity index (χ4n) is 2.44. The molecule has 2 heterocycles. The van der Waals surface area contributed by atoms with E-state index < -0.39 is 0 Å². The van der Waals surface area contributed by atoms with Crippen LogP contribution in [0.3, 0.4) is 0 Å². The smallest absolute Gasteiger partial charge is 0.250 e. The second kappa shape index (κ2) is 8.96. The molecule has 0 saturated carbocycles. The molecule has 2 aromatic heterocycles. The molecule has 0 aliphatic carbocycles. The maximum Gasteiger partial charge on any atom is 0.250 e. The van der Waals surface area contributed by atoms with Crippen LogP contribution >= 0.6 is 23.1 Å². The molecule has 1 N–H and O–H groups in total. The number of rotatable bonds is 7. The number of thiophene rings is 1. The monoisotopic (exact) mass is 399 g/mol. The molecular formula is C19H21N5OS2. The summed E-state index contributed by atoms with van der Waals surface area (Å²) in [5.74, 6) is 0.867. The van der Waals surface area contributed by atoms with Crippen molar-refractivity contribution >= 4 is 35.2 Å². The van der Waals surface area contributed by atoms with E-state index in [0.717, 1.165) is 33.5 Å². The number of hydrazone groups is 1. The number of hydrogen-bond donors (Lipinski definition) is 1. The van der Waals surface area contributed by atoms with Crippen LogP contribution in [0.5, 0.6) is 0 Å². The number of nitrogens with one attached hydrogen (secondary N) is 1. The van der Waals surface area contributed by atoms with Gasteiger partial charge in [-0.3, -0.25) is 4.79 Å². The van der Waals surface area contributed by atoms with Crippen LogP contribution < -0.4 is 5.43 Å². The number of carbonyl (C=O) groups excluding carboxylic acids is 1. The minimum Gasteiger partial charge on any atom is -0.302 e. The van der Waals surface area contributed by atoms with E-state index in [9.17, 15) is 4.79 Å². The summed E-state index contributed by atoms with van der Waals surface area (Å²) in [7, 11) is 0. The SMILES string of the molecule is CCn1c(SCC(=O)N/N=C/c2sccc2C)nnc1-c1ccc(C)cc1. The average molecular weight is 400 g/mol. The lowest BCUT2D eigenvalue weighted by molar-refractivity contribution is -0.118. The summed E-state index contributed by atoms with van der Waals surface area (Å²) in [5, 5.41) is 15.3. The van der Waals surface area contributed by atoms with Gasteiger partial charge in [0, 0.05) is 17.0 Å². The van der Waals surface area contributed by atoms with E-state index in [1.807, 2.05) is 42.0 Å². The highest BCUT2D eigenvalue weighted by atomic mass is 32.2. The highest BCUT2D eigenvalue weighted by molar-refractivity contribution is 7.99. The van der Waals surface area contributed by atoms with E-state index in [1.54, 1.807) is 17.6 Å². The third-order valence-electron chi connectivity index (χ3n) is 3.95. The predicted molar refractivity (Wildman–Crippen MR) is 111 cm³/mol. The molecule has 0 atom stereocenters. The number of benzene rings is 1. The van der Waals surface area contributed by atoms with Gasteiger partial charge in [0.1, 0.15) is 0 Å². The molecule has 6 nitrogen and oxygen atoms in total. The molecule has 1 aromatic carbocycles. The first-order valence-corrected chi connectivity index (χ1v) is 10.4. The first kappa shape index (κ1) is 19.3. The summed E-state index contributed by atoms with van der Waals surface area (Å²) in [6.45, 7) is 6.84. The van der Waals surface area contributed by atoms with E-state index in [1.165, 1.54) is 17.3 Å². The van der Waals surface area contributed by atoms with E-state index in [0.29, 0.717) is 0 Å². The van der Waals surface area contributed by atoms with Crippen LogP contribution in [0, 0.1) is 13.8 Å². The van der Waals surface area contributed by atoms with Crippen molar-refractivity contribution in [2.45, 2.75) is 32.5 Å². The van der Waals surface area contributed by atoms with Crippen LogP contribution in [0.4, 0.5) is 0 Å². The van der Waals surface area contributed by atoms with Crippen molar-refractivity contribution in [3.63, 3.8) is 0 Å². The second-order valence-electron chi connectivity index (χ2n) is 5.97. The summed E-state index contributed by atoms with van der Waals surface area (Å²) >= 11 is 2.95. The van der Waals surface area contributed by atoms with Crippen molar-refractivity contribution in [2.75, 3.05) is 5.75 Å². The van der Waals surface area contributed by atoms with Gasteiger partial charge < -0.3 is 4.57 Å². The van der Waals surface area contributed by atoms with Gasteiger partial charge in [-0.15, -0.1) is 21.5 Å². The molecule has 0 radical (unpaired) electrons. The number of hydrogen-bond acceptors (Lipinski definition) is 6. The van der Waals surface area contributed by atoms with Crippen molar-refractivity contribution < 1.29 is 4.79 Å². The Morgan fingerprint density at radius 2 is 2.04 bits per heavy atom. The molecule has 0 unspecified atom stereocenters. The van der Waals surface area contributed by atoms with Gasteiger partial charge in [0.25, 0.3) is 5.91 Å². The Hall–Kier alpha value is -2.45. The Morgan fingerprint density at radius 1 is 1.26 bits per heavy atom. The van der Waals surface area contributed by atoms with Crippen molar-refractivity contribution in [1.82, 2.24) is 20.2 Å². The predicted octanol–water partition coefficient (Wildman–Crippen LogP) is 3.89. The molecule has 27 heavy (non-hydrogen) atoms. The molecule has 0 fully saturated rings. The average Bonchev–Trinajstić information content (AvgIpc) is 3.26. The number of amides is 1. The fraction of sp³-hybridized carbons (Fsp3) is 0.263. The molecule has 140 valence electrons. The number of aryl methyl sites for hydroxylation is 2. The number of carbonyl (C=O) groups is 1. The molecule has 0 aliphatic heterocycles. The lowest BCUT2D eigenvalue weighted by atomic mass is 10.1. The van der Waals surface area contributed by atoms with Gasteiger partial charge >= 0.3 is 0 Å². The minimum atomic E-state index is -0.173. The highest BCUT2D eigenvalue weighted by Crippen LogP contribution is 2.24. The maximum absolute atomic E-state index is 12.0. The Morgan fingerprint density at radius 3 is 2.70 bits per heavy atom. The summed E-state index contributed by atoms with van der Waals surface area (Å²) < 4.78 is 2.01. The van der Waals surface area contributed by atoms with E-state index >= 15 is 0 Å². The Kier molecular flexibility index (Phi) is 6.41. The second-order valence-corrected chi connectivity index (χ2v) is 7.86. The topological polar surface area (TPSA) is 72.2 Å². The Balaban J connectivity index is 1.61. The van der Waals surface area contributed by atoms with Crippen molar-refractivity contribution in [1.29, 1.82) is 0 Å². The van der Waals surface area contributed by atoms with Crippen molar-refractivity contribution in [3.8, 4) is 11.4 Å². The van der Waals surface area contributed by atoms with Crippen LogP contribution in [0.1, 0.15) is 22.9 Å². The van der Waals surface area contributed by atoms with Gasteiger partial charge in [-0.2, -0.15) is 5.10 Å². The summed E-state index contributed by atoms with van der Waals surface area (Å²) in [6, 6.07) is 10.2. The maximum atomic E-state index is 12.0. The first-order valence-electron chi connectivity index (χ1n) is 8.57. The van der Waals surface area contributed by atoms with Crippen LogP contribution in [0.2, 0.25) is 0 Å². The van der Waals surface area contributed by atoms with Crippen LogP contribution in [0.25, 0.3) is 11.4 Å². The number of thioether (sulfide) groups is 1. The van der Waals surface area contributed by atoms with Gasteiger partial charge in [-0.25, -0.2) is 5.43 Å². The lowest BCUT2D eigenvalue weighted by Gasteiger charge is -2.07. The zero-order chi connectivity index (χ0) is 19.2. The fourth-order valence-corrected chi connectivity index (χ4v) is 4.02. The lowest BCUT2D eigenvalue weighted by Crippen LogP contribution is -2.20. The molecule has 0 aliphatic rings. The summed E-state index contributed by atoms with van der Waals surface area (Å²) in [6.07, 6.45) is 1.67. The Labute approximate surface area is 166 Å². The number of aromatic nitrogens is 3. The minimum absolute atomic E-state index is 0.173. The van der Waals surface area contributed by atoms with Gasteiger partial charge in [0.15, 0.2) is 11.0 Å². The normalized spacial score (nSPS) is 11.2. The quantitative estimate of drug-likeness (QED) is 0.372. The zero-order valence-corrected chi connectivity index (χ0v) is 17.1.